The van der Waals surface area contributed by atoms with Crippen LogP contribution in [0.2, 0.25) is 0 Å². The van der Waals surface area contributed by atoms with E-state index in [0.29, 0.717) is 30.3 Å². The van der Waals surface area contributed by atoms with Crippen LogP contribution in [-0.2, 0) is 4.79 Å². The summed E-state index contributed by atoms with van der Waals surface area (Å²) < 4.78 is 5.79. The molecule has 6 nitrogen and oxygen atoms in total. The fourth-order valence-electron chi connectivity index (χ4n) is 2.56. The highest BCUT2D eigenvalue weighted by atomic mass is 16.5. The van der Waals surface area contributed by atoms with Crippen LogP contribution in [0.3, 0.4) is 0 Å². The molecule has 0 saturated heterocycles. The number of rotatable bonds is 11. The molecule has 0 atom stereocenters. The summed E-state index contributed by atoms with van der Waals surface area (Å²) in [5.41, 5.74) is 2.00. The fourth-order valence-corrected chi connectivity index (χ4v) is 2.56. The van der Waals surface area contributed by atoms with E-state index in [1.807, 2.05) is 24.3 Å². The van der Waals surface area contributed by atoms with Crippen molar-refractivity contribution in [2.24, 2.45) is 5.92 Å². The number of ether oxygens (including phenoxy) is 1. The van der Waals surface area contributed by atoms with Crippen molar-refractivity contribution in [3.05, 3.63) is 54.1 Å². The summed E-state index contributed by atoms with van der Waals surface area (Å²) in [4.78, 5) is 24.3. The number of amides is 2. The molecule has 0 fully saturated rings. The van der Waals surface area contributed by atoms with Gasteiger partial charge in [-0.1, -0.05) is 39.3 Å². The largest absolute Gasteiger partial charge is 0.491 e. The number of para-hydroxylation sites is 2. The number of carbonyl (C=O) groups excluding carboxylic acids is 2. The highest BCUT2D eigenvalue weighted by Crippen LogP contribution is 2.24. The van der Waals surface area contributed by atoms with Gasteiger partial charge in [0.1, 0.15) is 5.75 Å². The van der Waals surface area contributed by atoms with E-state index >= 15 is 0 Å². The van der Waals surface area contributed by atoms with Gasteiger partial charge in [-0.2, -0.15) is 0 Å². The summed E-state index contributed by atoms with van der Waals surface area (Å²) in [5, 5.41) is 8.81. The van der Waals surface area contributed by atoms with E-state index in [1.54, 1.807) is 24.3 Å². The molecule has 156 valence electrons. The van der Waals surface area contributed by atoms with Crippen LogP contribution in [-0.4, -0.2) is 31.5 Å². The van der Waals surface area contributed by atoms with Crippen molar-refractivity contribution in [3.8, 4) is 5.75 Å². The van der Waals surface area contributed by atoms with E-state index in [2.05, 4.69) is 36.7 Å². The second kappa shape index (κ2) is 11.7. The highest BCUT2D eigenvalue weighted by Gasteiger charge is 2.08. The van der Waals surface area contributed by atoms with Gasteiger partial charge in [0.25, 0.3) is 5.91 Å². The molecule has 0 radical (unpaired) electrons. The molecule has 0 unspecified atom stereocenters. The van der Waals surface area contributed by atoms with Crippen LogP contribution in [0.25, 0.3) is 0 Å². The lowest BCUT2D eigenvalue weighted by molar-refractivity contribution is -0.114. The van der Waals surface area contributed by atoms with Gasteiger partial charge < -0.3 is 20.7 Å². The van der Waals surface area contributed by atoms with Crippen LogP contribution in [0.1, 0.15) is 44.0 Å². The minimum absolute atomic E-state index is 0.101. The Morgan fingerprint density at radius 3 is 2.45 bits per heavy atom. The first-order chi connectivity index (χ1) is 14.0. The van der Waals surface area contributed by atoms with Crippen molar-refractivity contribution >= 4 is 23.2 Å². The first-order valence-corrected chi connectivity index (χ1v) is 10.1. The van der Waals surface area contributed by atoms with E-state index in [9.17, 15) is 9.59 Å². The van der Waals surface area contributed by atoms with Gasteiger partial charge in [-0.25, -0.2) is 0 Å². The molecule has 0 aliphatic heterocycles. The number of hydrogen-bond acceptors (Lipinski definition) is 4. The second-order valence-corrected chi connectivity index (χ2v) is 7.29. The number of anilines is 2. The maximum absolute atomic E-state index is 12.3. The summed E-state index contributed by atoms with van der Waals surface area (Å²) in [6.45, 7) is 7.65. The average molecular weight is 398 g/mol. The third-order valence-corrected chi connectivity index (χ3v) is 4.15. The van der Waals surface area contributed by atoms with Crippen LogP contribution < -0.4 is 20.7 Å². The van der Waals surface area contributed by atoms with Crippen LogP contribution in [0.4, 0.5) is 11.4 Å². The first kappa shape index (κ1) is 22.3. The number of nitrogens with one attached hydrogen (secondary N) is 3. The molecular formula is C23H31N3O3. The minimum Gasteiger partial charge on any atom is -0.491 e. The third kappa shape index (κ3) is 7.86. The Kier molecular flexibility index (Phi) is 9.02. The molecule has 0 aromatic heterocycles. The SMILES string of the molecule is CCCCNC(=O)c1ccc(NC(=O)CNc2ccccc2OCC(C)C)cc1. The monoisotopic (exact) mass is 397 g/mol. The maximum atomic E-state index is 12.3. The zero-order chi connectivity index (χ0) is 21.1. The summed E-state index contributed by atoms with van der Waals surface area (Å²) >= 11 is 0. The van der Waals surface area contributed by atoms with Crippen molar-refractivity contribution in [1.82, 2.24) is 5.32 Å². The van der Waals surface area contributed by atoms with Gasteiger partial charge in [-0.3, -0.25) is 9.59 Å². The fraction of sp³-hybridized carbons (Fsp3) is 0.391. The lowest BCUT2D eigenvalue weighted by Crippen LogP contribution is -2.24. The number of benzene rings is 2. The maximum Gasteiger partial charge on any atom is 0.251 e. The Morgan fingerprint density at radius 2 is 1.76 bits per heavy atom. The molecule has 2 rings (SSSR count). The van der Waals surface area contributed by atoms with E-state index in [0.717, 1.165) is 24.3 Å². The van der Waals surface area contributed by atoms with Crippen molar-refractivity contribution in [1.29, 1.82) is 0 Å². The van der Waals surface area contributed by atoms with Crippen LogP contribution in [0, 0.1) is 5.92 Å². The van der Waals surface area contributed by atoms with Gasteiger partial charge in [-0.05, 0) is 48.7 Å². The van der Waals surface area contributed by atoms with Crippen LogP contribution in [0.5, 0.6) is 5.75 Å². The van der Waals surface area contributed by atoms with Crippen molar-refractivity contribution in [2.45, 2.75) is 33.6 Å². The molecule has 29 heavy (non-hydrogen) atoms. The quantitative estimate of drug-likeness (QED) is 0.494. The number of unbranched alkanes of at least 4 members (excludes halogenated alkanes) is 1. The molecule has 3 N–H and O–H groups in total. The molecule has 2 amide bonds. The minimum atomic E-state index is -0.177. The Bertz CT molecular complexity index is 788. The number of hydrogen-bond donors (Lipinski definition) is 3. The lowest BCUT2D eigenvalue weighted by Gasteiger charge is -2.14. The van der Waals surface area contributed by atoms with Crippen LogP contribution in [0.15, 0.2) is 48.5 Å². The summed E-state index contributed by atoms with van der Waals surface area (Å²) in [5.74, 6) is 0.871. The predicted molar refractivity (Wildman–Crippen MR) is 118 cm³/mol. The highest BCUT2D eigenvalue weighted by molar-refractivity contribution is 5.96. The Morgan fingerprint density at radius 1 is 1.03 bits per heavy atom. The van der Waals surface area contributed by atoms with Crippen molar-refractivity contribution in [3.63, 3.8) is 0 Å². The summed E-state index contributed by atoms with van der Waals surface area (Å²) in [6, 6.07) is 14.4. The standard InChI is InChI=1S/C23H31N3O3/c1-4-5-14-24-23(28)18-10-12-19(13-11-18)26-22(27)15-25-20-8-6-7-9-21(20)29-16-17(2)3/h6-13,17,25H,4-5,14-16H2,1-3H3,(H,24,28)(H,26,27). The van der Waals surface area contributed by atoms with Gasteiger partial charge in [0.05, 0.1) is 18.8 Å². The average Bonchev–Trinajstić information content (AvgIpc) is 2.72. The van der Waals surface area contributed by atoms with Gasteiger partial charge in [-0.15, -0.1) is 0 Å². The van der Waals surface area contributed by atoms with E-state index in [-0.39, 0.29) is 18.4 Å². The Labute approximate surface area is 173 Å². The smallest absolute Gasteiger partial charge is 0.251 e. The molecule has 0 aliphatic carbocycles. The van der Waals surface area contributed by atoms with Crippen molar-refractivity contribution in [2.75, 3.05) is 30.3 Å². The van der Waals surface area contributed by atoms with E-state index in [1.165, 1.54) is 0 Å². The van der Waals surface area contributed by atoms with Gasteiger partial charge >= 0.3 is 0 Å². The van der Waals surface area contributed by atoms with E-state index < -0.39 is 0 Å². The molecule has 6 heteroatoms. The summed E-state index contributed by atoms with van der Waals surface area (Å²) in [6.07, 6.45) is 1.99. The molecule has 0 spiro atoms. The molecule has 0 aliphatic rings. The normalized spacial score (nSPS) is 10.5. The van der Waals surface area contributed by atoms with Crippen LogP contribution >= 0.6 is 0 Å². The topological polar surface area (TPSA) is 79.5 Å². The predicted octanol–water partition coefficient (Wildman–Crippen LogP) is 4.30. The number of carbonyl (C=O) groups is 2. The molecule has 2 aromatic carbocycles. The van der Waals surface area contributed by atoms with E-state index in [4.69, 9.17) is 4.74 Å². The van der Waals surface area contributed by atoms with Crippen molar-refractivity contribution < 1.29 is 14.3 Å². The van der Waals surface area contributed by atoms with Gasteiger partial charge in [0, 0.05) is 17.8 Å². The zero-order valence-corrected chi connectivity index (χ0v) is 17.5. The molecule has 2 aromatic rings. The third-order valence-electron chi connectivity index (χ3n) is 4.15. The van der Waals surface area contributed by atoms with Gasteiger partial charge in [0.15, 0.2) is 0 Å². The molecule has 0 bridgehead atoms. The molecular weight excluding hydrogens is 366 g/mol. The zero-order valence-electron chi connectivity index (χ0n) is 17.5. The summed E-state index contributed by atoms with van der Waals surface area (Å²) in [7, 11) is 0. The molecule has 0 heterocycles. The molecule has 0 saturated carbocycles. The lowest BCUT2D eigenvalue weighted by atomic mass is 10.2. The van der Waals surface area contributed by atoms with Gasteiger partial charge in [0.2, 0.25) is 5.91 Å². The first-order valence-electron chi connectivity index (χ1n) is 10.1. The Hall–Kier alpha value is -3.02. The Balaban J connectivity index is 1.84. The second-order valence-electron chi connectivity index (χ2n) is 7.29.